The van der Waals surface area contributed by atoms with Crippen LogP contribution < -0.4 is 0 Å². The Morgan fingerprint density at radius 3 is 2.53 bits per heavy atom. The summed E-state index contributed by atoms with van der Waals surface area (Å²) in [5.41, 5.74) is -0.398. The van der Waals surface area contributed by atoms with Crippen LogP contribution in [0.3, 0.4) is 0 Å². The van der Waals surface area contributed by atoms with Gasteiger partial charge in [-0.15, -0.1) is 0 Å². The summed E-state index contributed by atoms with van der Waals surface area (Å²) in [7, 11) is 1.68. The Morgan fingerprint density at radius 2 is 2.06 bits per heavy atom. The normalized spacial score (nSPS) is 25.6. The Hall–Kier alpha value is -0.610. The molecular weight excluding hydrogens is 220 g/mol. The predicted octanol–water partition coefficient (Wildman–Crippen LogP) is 2.16. The van der Waals surface area contributed by atoms with Gasteiger partial charge in [0, 0.05) is 7.11 Å². The van der Waals surface area contributed by atoms with Crippen LogP contribution in [-0.4, -0.2) is 38.0 Å². The van der Waals surface area contributed by atoms with Crippen molar-refractivity contribution < 1.29 is 19.0 Å². The van der Waals surface area contributed by atoms with E-state index in [1.54, 1.807) is 7.11 Å². The van der Waals surface area contributed by atoms with Gasteiger partial charge in [0.15, 0.2) is 0 Å². The zero-order valence-electron chi connectivity index (χ0n) is 11.3. The molecule has 0 amide bonds. The van der Waals surface area contributed by atoms with Gasteiger partial charge in [0.05, 0.1) is 25.7 Å². The van der Waals surface area contributed by atoms with Gasteiger partial charge in [0.25, 0.3) is 0 Å². The van der Waals surface area contributed by atoms with E-state index >= 15 is 0 Å². The third kappa shape index (κ3) is 6.03. The molecule has 4 heteroatoms. The smallest absolute Gasteiger partial charge is 0.306 e. The second-order valence-corrected chi connectivity index (χ2v) is 5.64. The molecule has 0 aliphatic carbocycles. The van der Waals surface area contributed by atoms with Crippen molar-refractivity contribution in [2.75, 3.05) is 20.3 Å². The van der Waals surface area contributed by atoms with E-state index in [0.29, 0.717) is 19.6 Å². The lowest BCUT2D eigenvalue weighted by atomic mass is 9.95. The van der Waals surface area contributed by atoms with Crippen molar-refractivity contribution in [2.45, 2.75) is 51.7 Å². The van der Waals surface area contributed by atoms with Gasteiger partial charge in [0.1, 0.15) is 5.60 Å². The Bertz CT molecular complexity index is 236. The van der Waals surface area contributed by atoms with Crippen molar-refractivity contribution in [3.05, 3.63) is 0 Å². The second kappa shape index (κ2) is 6.36. The molecule has 1 aliphatic heterocycles. The van der Waals surface area contributed by atoms with Gasteiger partial charge in [-0.1, -0.05) is 0 Å². The van der Waals surface area contributed by atoms with Gasteiger partial charge in [-0.2, -0.15) is 0 Å². The molecule has 0 N–H and O–H groups in total. The molecule has 4 nitrogen and oxygen atoms in total. The third-order valence-corrected chi connectivity index (χ3v) is 2.69. The highest BCUT2D eigenvalue weighted by atomic mass is 16.6. The molecule has 0 saturated carbocycles. The van der Waals surface area contributed by atoms with Crippen LogP contribution in [0.5, 0.6) is 0 Å². The molecule has 0 unspecified atom stereocenters. The number of rotatable bonds is 4. The van der Waals surface area contributed by atoms with Crippen molar-refractivity contribution in [2.24, 2.45) is 5.92 Å². The lowest BCUT2D eigenvalue weighted by Crippen LogP contribution is -2.32. The van der Waals surface area contributed by atoms with E-state index in [9.17, 15) is 4.79 Å². The lowest BCUT2D eigenvalue weighted by molar-refractivity contribution is -0.158. The molecule has 1 aliphatic rings. The topological polar surface area (TPSA) is 44.8 Å². The van der Waals surface area contributed by atoms with Gasteiger partial charge in [-0.05, 0) is 39.5 Å². The first kappa shape index (κ1) is 14.5. The number of carbonyl (C=O) groups is 1. The molecule has 0 bridgehead atoms. The molecule has 0 aromatic carbocycles. The minimum atomic E-state index is -0.398. The van der Waals surface area contributed by atoms with E-state index in [2.05, 4.69) is 0 Å². The van der Waals surface area contributed by atoms with E-state index in [1.807, 2.05) is 20.8 Å². The highest BCUT2D eigenvalue weighted by Crippen LogP contribution is 2.23. The van der Waals surface area contributed by atoms with Crippen LogP contribution in [0.15, 0.2) is 0 Å². The van der Waals surface area contributed by atoms with E-state index < -0.39 is 5.60 Å². The van der Waals surface area contributed by atoms with Crippen LogP contribution in [0.4, 0.5) is 0 Å². The summed E-state index contributed by atoms with van der Waals surface area (Å²) in [6.45, 7) is 6.93. The van der Waals surface area contributed by atoms with E-state index in [1.165, 1.54) is 0 Å². The first-order chi connectivity index (χ1) is 7.90. The molecule has 17 heavy (non-hydrogen) atoms. The fourth-order valence-corrected chi connectivity index (χ4v) is 1.96. The second-order valence-electron chi connectivity index (χ2n) is 5.64. The third-order valence-electron chi connectivity index (χ3n) is 2.69. The molecule has 0 radical (unpaired) electrons. The zero-order valence-corrected chi connectivity index (χ0v) is 11.3. The van der Waals surface area contributed by atoms with Crippen LogP contribution in [0, 0.1) is 5.92 Å². The molecule has 100 valence electrons. The van der Waals surface area contributed by atoms with Gasteiger partial charge >= 0.3 is 5.97 Å². The fraction of sp³-hybridized carbons (Fsp3) is 0.923. The average Bonchev–Trinajstić information content (AvgIpc) is 2.18. The largest absolute Gasteiger partial charge is 0.460 e. The Kier molecular flexibility index (Phi) is 5.40. The van der Waals surface area contributed by atoms with Crippen LogP contribution in [0.2, 0.25) is 0 Å². The van der Waals surface area contributed by atoms with Crippen molar-refractivity contribution in [3.63, 3.8) is 0 Å². The van der Waals surface area contributed by atoms with E-state index in [-0.39, 0.29) is 18.0 Å². The van der Waals surface area contributed by atoms with Crippen molar-refractivity contribution in [3.8, 4) is 0 Å². The van der Waals surface area contributed by atoms with Crippen molar-refractivity contribution >= 4 is 5.97 Å². The standard InChI is InChI=1S/C13H24O4/c1-13(2,3)17-12(14)7-10-5-6-11(9-15-4)16-8-10/h10-11H,5-9H2,1-4H3/t10-,11-/m0/s1. The average molecular weight is 244 g/mol. The van der Waals surface area contributed by atoms with Crippen LogP contribution in [0.25, 0.3) is 0 Å². The number of carbonyl (C=O) groups excluding carboxylic acids is 1. The Morgan fingerprint density at radius 1 is 1.35 bits per heavy atom. The molecule has 1 fully saturated rings. The maximum atomic E-state index is 11.6. The molecule has 1 saturated heterocycles. The summed E-state index contributed by atoms with van der Waals surface area (Å²) in [5.74, 6) is 0.161. The number of methoxy groups -OCH3 is 1. The number of hydrogen-bond acceptors (Lipinski definition) is 4. The zero-order chi connectivity index (χ0) is 12.9. The Balaban J connectivity index is 2.24. The quantitative estimate of drug-likeness (QED) is 0.711. The van der Waals surface area contributed by atoms with Gasteiger partial charge < -0.3 is 14.2 Å². The summed E-state index contributed by atoms with van der Waals surface area (Å²) in [6, 6.07) is 0. The van der Waals surface area contributed by atoms with Crippen molar-refractivity contribution in [1.29, 1.82) is 0 Å². The summed E-state index contributed by atoms with van der Waals surface area (Å²) >= 11 is 0. The summed E-state index contributed by atoms with van der Waals surface area (Å²) in [6.07, 6.45) is 2.61. The first-order valence-corrected chi connectivity index (χ1v) is 6.23. The van der Waals surface area contributed by atoms with Crippen LogP contribution >= 0.6 is 0 Å². The van der Waals surface area contributed by atoms with Crippen LogP contribution in [0.1, 0.15) is 40.0 Å². The van der Waals surface area contributed by atoms with Gasteiger partial charge in [-0.3, -0.25) is 4.79 Å². The number of ether oxygens (including phenoxy) is 3. The minimum absolute atomic E-state index is 0.128. The number of hydrogen-bond donors (Lipinski definition) is 0. The maximum Gasteiger partial charge on any atom is 0.306 e. The minimum Gasteiger partial charge on any atom is -0.460 e. The molecule has 0 spiro atoms. The molecule has 2 atom stereocenters. The summed E-state index contributed by atoms with van der Waals surface area (Å²) in [5, 5.41) is 0. The predicted molar refractivity (Wildman–Crippen MR) is 64.8 cm³/mol. The molecule has 1 rings (SSSR count). The molecule has 1 heterocycles. The Labute approximate surface area is 104 Å². The van der Waals surface area contributed by atoms with E-state index in [4.69, 9.17) is 14.2 Å². The lowest BCUT2D eigenvalue weighted by Gasteiger charge is -2.29. The molecular formula is C13H24O4. The van der Waals surface area contributed by atoms with E-state index in [0.717, 1.165) is 12.8 Å². The SMILES string of the molecule is COC[C@@H]1CC[C@@H](CC(=O)OC(C)(C)C)CO1. The van der Waals surface area contributed by atoms with Gasteiger partial charge in [0.2, 0.25) is 0 Å². The summed E-state index contributed by atoms with van der Waals surface area (Å²) < 4.78 is 16.0. The molecule has 0 aromatic rings. The highest BCUT2D eigenvalue weighted by Gasteiger charge is 2.25. The van der Waals surface area contributed by atoms with Crippen LogP contribution in [-0.2, 0) is 19.0 Å². The van der Waals surface area contributed by atoms with Crippen molar-refractivity contribution in [1.82, 2.24) is 0 Å². The monoisotopic (exact) mass is 244 g/mol. The summed E-state index contributed by atoms with van der Waals surface area (Å²) in [4.78, 5) is 11.6. The first-order valence-electron chi connectivity index (χ1n) is 6.23. The molecule has 0 aromatic heterocycles. The fourth-order valence-electron chi connectivity index (χ4n) is 1.96. The maximum absolute atomic E-state index is 11.6. The number of esters is 1. The van der Waals surface area contributed by atoms with Gasteiger partial charge in [-0.25, -0.2) is 0 Å². The highest BCUT2D eigenvalue weighted by molar-refractivity contribution is 5.70.